The fourth-order valence-corrected chi connectivity index (χ4v) is 4.76. The predicted molar refractivity (Wildman–Crippen MR) is 134 cm³/mol. The lowest BCUT2D eigenvalue weighted by Crippen LogP contribution is -2.50. The van der Waals surface area contributed by atoms with E-state index in [2.05, 4.69) is 5.32 Å². The van der Waals surface area contributed by atoms with E-state index in [1.807, 2.05) is 49.4 Å². The second kappa shape index (κ2) is 12.0. The van der Waals surface area contributed by atoms with Crippen molar-refractivity contribution in [1.82, 2.24) is 10.2 Å². The average molecular weight is 481 g/mol. The molecule has 0 bridgehead atoms. The predicted octanol–water partition coefficient (Wildman–Crippen LogP) is 4.27. The van der Waals surface area contributed by atoms with Crippen LogP contribution in [-0.4, -0.2) is 49.1 Å². The zero-order valence-corrected chi connectivity index (χ0v) is 20.8. The molecule has 1 fully saturated rings. The molecule has 0 saturated heterocycles. The van der Waals surface area contributed by atoms with Crippen molar-refractivity contribution in [2.45, 2.75) is 70.5 Å². The fraction of sp³-hybridized carbons (Fsp3) is 0.500. The van der Waals surface area contributed by atoms with Gasteiger partial charge in [0.25, 0.3) is 0 Å². The summed E-state index contributed by atoms with van der Waals surface area (Å²) < 4.78 is 16.6. The summed E-state index contributed by atoms with van der Waals surface area (Å²) in [5.74, 6) is 2.03. The molecule has 1 aliphatic heterocycles. The highest BCUT2D eigenvalue weighted by molar-refractivity contribution is 5.87. The summed E-state index contributed by atoms with van der Waals surface area (Å²) in [5, 5.41) is 3.18. The maximum absolute atomic E-state index is 13.5. The second-order valence-electron chi connectivity index (χ2n) is 9.37. The Bertz CT molecular complexity index is 1020. The van der Waals surface area contributed by atoms with Crippen molar-refractivity contribution in [1.29, 1.82) is 0 Å². The molecule has 0 radical (unpaired) electrons. The largest absolute Gasteiger partial charge is 0.497 e. The van der Waals surface area contributed by atoms with Crippen LogP contribution < -0.4 is 19.5 Å². The number of amides is 2. The Morgan fingerprint density at radius 2 is 1.80 bits per heavy atom. The van der Waals surface area contributed by atoms with Gasteiger partial charge in [-0.1, -0.05) is 37.5 Å². The van der Waals surface area contributed by atoms with Crippen molar-refractivity contribution in [2.75, 3.05) is 20.3 Å². The smallest absolute Gasteiger partial charge is 0.242 e. The average Bonchev–Trinajstić information content (AvgIpc) is 2.90. The van der Waals surface area contributed by atoms with Gasteiger partial charge >= 0.3 is 0 Å². The number of nitrogens with zero attached hydrogens (tertiary/aromatic N) is 1. The molecule has 1 saturated carbocycles. The Balaban J connectivity index is 1.45. The molecule has 1 atom stereocenters. The number of methoxy groups -OCH3 is 1. The Labute approximate surface area is 207 Å². The van der Waals surface area contributed by atoms with Gasteiger partial charge in [0, 0.05) is 19.0 Å². The molecule has 4 rings (SSSR count). The normalized spacial score (nSPS) is 16.3. The van der Waals surface area contributed by atoms with E-state index in [1.165, 1.54) is 6.42 Å². The van der Waals surface area contributed by atoms with Crippen LogP contribution in [0, 0.1) is 0 Å². The van der Waals surface area contributed by atoms with Crippen LogP contribution in [0.5, 0.6) is 17.2 Å². The summed E-state index contributed by atoms with van der Waals surface area (Å²) in [5.41, 5.74) is 1.93. The number of carbonyl (C=O) groups is 2. The van der Waals surface area contributed by atoms with E-state index in [4.69, 9.17) is 14.2 Å². The second-order valence-corrected chi connectivity index (χ2v) is 9.37. The molecule has 2 aliphatic rings. The van der Waals surface area contributed by atoms with Crippen molar-refractivity contribution >= 4 is 11.8 Å². The van der Waals surface area contributed by atoms with Gasteiger partial charge in [0.1, 0.15) is 25.0 Å². The first-order valence-corrected chi connectivity index (χ1v) is 12.6. The molecule has 2 aromatic rings. The zero-order chi connectivity index (χ0) is 24.6. The van der Waals surface area contributed by atoms with Gasteiger partial charge in [-0.05, 0) is 61.6 Å². The van der Waals surface area contributed by atoms with Gasteiger partial charge in [-0.3, -0.25) is 9.59 Å². The highest BCUT2D eigenvalue weighted by Gasteiger charge is 2.28. The third-order valence-corrected chi connectivity index (χ3v) is 6.84. The lowest BCUT2D eigenvalue weighted by molar-refractivity contribution is -0.141. The van der Waals surface area contributed by atoms with Gasteiger partial charge in [0.15, 0.2) is 11.5 Å². The Hall–Kier alpha value is -3.22. The SMILES string of the molecule is COc1cccc(CN(C(=O)CCc2ccc3c(c2)OCCO3)[C@@H](C)C(=O)NC2CCCCC2)c1. The lowest BCUT2D eigenvalue weighted by atomic mass is 9.95. The van der Waals surface area contributed by atoms with Gasteiger partial charge in [0.2, 0.25) is 11.8 Å². The van der Waals surface area contributed by atoms with Gasteiger partial charge in [-0.2, -0.15) is 0 Å². The van der Waals surface area contributed by atoms with Crippen LogP contribution >= 0.6 is 0 Å². The number of ether oxygens (including phenoxy) is 3. The topological polar surface area (TPSA) is 77.1 Å². The first kappa shape index (κ1) is 24.9. The Morgan fingerprint density at radius 3 is 2.57 bits per heavy atom. The molecule has 0 aromatic heterocycles. The number of rotatable bonds is 9. The van der Waals surface area contributed by atoms with E-state index >= 15 is 0 Å². The van der Waals surface area contributed by atoms with E-state index in [0.717, 1.165) is 54.1 Å². The third-order valence-electron chi connectivity index (χ3n) is 6.84. The molecule has 2 aromatic carbocycles. The summed E-state index contributed by atoms with van der Waals surface area (Å²) in [6.07, 6.45) is 6.37. The van der Waals surface area contributed by atoms with E-state index < -0.39 is 6.04 Å². The van der Waals surface area contributed by atoms with Gasteiger partial charge in [0.05, 0.1) is 7.11 Å². The molecule has 2 amide bonds. The summed E-state index contributed by atoms with van der Waals surface area (Å²) in [6, 6.07) is 13.1. The Morgan fingerprint density at radius 1 is 1.03 bits per heavy atom. The third kappa shape index (κ3) is 6.68. The number of aryl methyl sites for hydroxylation is 1. The molecule has 0 unspecified atom stereocenters. The van der Waals surface area contributed by atoms with Crippen LogP contribution in [-0.2, 0) is 22.6 Å². The minimum absolute atomic E-state index is 0.0611. The van der Waals surface area contributed by atoms with E-state index in [1.54, 1.807) is 12.0 Å². The molecule has 1 aliphatic carbocycles. The number of benzene rings is 2. The van der Waals surface area contributed by atoms with Gasteiger partial charge < -0.3 is 24.4 Å². The van der Waals surface area contributed by atoms with E-state index in [-0.39, 0.29) is 17.9 Å². The van der Waals surface area contributed by atoms with Crippen molar-refractivity contribution in [3.63, 3.8) is 0 Å². The Kier molecular flexibility index (Phi) is 8.50. The quantitative estimate of drug-likeness (QED) is 0.580. The number of carbonyl (C=O) groups excluding carboxylic acids is 2. The first-order valence-electron chi connectivity index (χ1n) is 12.6. The maximum Gasteiger partial charge on any atom is 0.242 e. The molecular weight excluding hydrogens is 444 g/mol. The number of hydrogen-bond acceptors (Lipinski definition) is 5. The molecule has 7 heteroatoms. The molecule has 7 nitrogen and oxygen atoms in total. The number of fused-ring (bicyclic) bond motifs is 1. The zero-order valence-electron chi connectivity index (χ0n) is 20.8. The van der Waals surface area contributed by atoms with Crippen LogP contribution in [0.1, 0.15) is 56.6 Å². The minimum atomic E-state index is -0.573. The summed E-state index contributed by atoms with van der Waals surface area (Å²) in [4.78, 5) is 28.3. The standard InChI is InChI=1S/C28H36N2O5/c1-20(28(32)29-23-8-4-3-5-9-23)30(19-22-7-6-10-24(17-22)33-2)27(31)14-12-21-11-13-25-26(18-21)35-16-15-34-25/h6-7,10-11,13,17-18,20,23H,3-5,8-9,12,14-16,19H2,1-2H3,(H,29,32)/t20-/m0/s1. The monoisotopic (exact) mass is 480 g/mol. The molecule has 0 spiro atoms. The summed E-state index contributed by atoms with van der Waals surface area (Å²) >= 11 is 0. The summed E-state index contributed by atoms with van der Waals surface area (Å²) in [6.45, 7) is 3.24. The highest BCUT2D eigenvalue weighted by Crippen LogP contribution is 2.31. The van der Waals surface area contributed by atoms with Crippen molar-refractivity contribution in [3.8, 4) is 17.2 Å². The maximum atomic E-state index is 13.5. The number of nitrogens with one attached hydrogen (secondary N) is 1. The molecular formula is C28H36N2O5. The van der Waals surface area contributed by atoms with Crippen LogP contribution in [0.4, 0.5) is 0 Å². The molecule has 1 N–H and O–H groups in total. The van der Waals surface area contributed by atoms with Crippen LogP contribution in [0.15, 0.2) is 42.5 Å². The molecule has 1 heterocycles. The minimum Gasteiger partial charge on any atom is -0.497 e. The fourth-order valence-electron chi connectivity index (χ4n) is 4.76. The first-order chi connectivity index (χ1) is 17.0. The molecule has 35 heavy (non-hydrogen) atoms. The van der Waals surface area contributed by atoms with Crippen molar-refractivity contribution in [3.05, 3.63) is 53.6 Å². The number of hydrogen-bond donors (Lipinski definition) is 1. The van der Waals surface area contributed by atoms with Crippen LogP contribution in [0.2, 0.25) is 0 Å². The lowest BCUT2D eigenvalue weighted by Gasteiger charge is -2.31. The van der Waals surface area contributed by atoms with Crippen molar-refractivity contribution < 1.29 is 23.8 Å². The van der Waals surface area contributed by atoms with E-state index in [9.17, 15) is 9.59 Å². The summed E-state index contributed by atoms with van der Waals surface area (Å²) in [7, 11) is 1.62. The highest BCUT2D eigenvalue weighted by atomic mass is 16.6. The van der Waals surface area contributed by atoms with Crippen LogP contribution in [0.3, 0.4) is 0 Å². The van der Waals surface area contributed by atoms with Gasteiger partial charge in [-0.25, -0.2) is 0 Å². The van der Waals surface area contributed by atoms with Gasteiger partial charge in [-0.15, -0.1) is 0 Å². The van der Waals surface area contributed by atoms with Crippen molar-refractivity contribution in [2.24, 2.45) is 0 Å². The van der Waals surface area contributed by atoms with Crippen LogP contribution in [0.25, 0.3) is 0 Å². The molecule has 188 valence electrons. The van der Waals surface area contributed by atoms with E-state index in [0.29, 0.717) is 32.6 Å².